The predicted molar refractivity (Wildman–Crippen MR) is 70.8 cm³/mol. The maximum atomic E-state index is 11.9. The number of carbonyl (C=O) groups is 3. The molecule has 0 radical (unpaired) electrons. The number of carbonyl (C=O) groups excluding carboxylic acids is 2. The third kappa shape index (κ3) is 6.08. The van der Waals surface area contributed by atoms with Crippen molar-refractivity contribution in [1.82, 2.24) is 15.1 Å². The smallest absolute Gasteiger partial charge is 0.323 e. The second-order valence-electron chi connectivity index (χ2n) is 5.22. The summed E-state index contributed by atoms with van der Waals surface area (Å²) >= 11 is 0. The van der Waals surface area contributed by atoms with E-state index in [-0.39, 0.29) is 12.5 Å². The number of amides is 3. The van der Waals surface area contributed by atoms with E-state index in [1.54, 1.807) is 27.8 Å². The quantitative estimate of drug-likeness (QED) is 0.756. The first-order chi connectivity index (χ1) is 8.59. The first kappa shape index (κ1) is 17.2. The number of hydrogen-bond acceptors (Lipinski definition) is 3. The summed E-state index contributed by atoms with van der Waals surface area (Å²) in [7, 11) is 1.63. The van der Waals surface area contributed by atoms with Crippen LogP contribution in [0.3, 0.4) is 0 Å². The second kappa shape index (κ2) is 6.96. The molecule has 0 spiro atoms. The number of rotatable bonds is 5. The Bertz CT molecular complexity index is 349. The standard InChI is InChI=1S/C12H23N3O4/c1-6-14(5)9(16)7-13-11(19)15(8-10(17)18)12(2,3)4/h6-8H2,1-5H3,(H,13,19)(H,17,18). The van der Waals surface area contributed by atoms with Crippen LogP contribution in [0, 0.1) is 0 Å². The number of hydrogen-bond donors (Lipinski definition) is 2. The van der Waals surface area contributed by atoms with Crippen molar-refractivity contribution >= 4 is 17.9 Å². The maximum Gasteiger partial charge on any atom is 0.323 e. The summed E-state index contributed by atoms with van der Waals surface area (Å²) in [6.07, 6.45) is 0. The van der Waals surface area contributed by atoms with Crippen LogP contribution in [0.15, 0.2) is 0 Å². The van der Waals surface area contributed by atoms with Gasteiger partial charge in [-0.05, 0) is 27.7 Å². The molecule has 7 heteroatoms. The monoisotopic (exact) mass is 273 g/mol. The molecule has 0 saturated heterocycles. The predicted octanol–water partition coefficient (Wildman–Crippen LogP) is 0.359. The molecule has 7 nitrogen and oxygen atoms in total. The fourth-order valence-corrected chi connectivity index (χ4v) is 1.31. The molecule has 0 heterocycles. The van der Waals surface area contributed by atoms with Gasteiger partial charge in [-0.3, -0.25) is 9.59 Å². The van der Waals surface area contributed by atoms with Crippen LogP contribution in [-0.2, 0) is 9.59 Å². The van der Waals surface area contributed by atoms with Crippen molar-refractivity contribution in [3.63, 3.8) is 0 Å². The molecular weight excluding hydrogens is 250 g/mol. The zero-order valence-corrected chi connectivity index (χ0v) is 12.2. The summed E-state index contributed by atoms with van der Waals surface area (Å²) in [6.45, 7) is 7.02. The third-order valence-corrected chi connectivity index (χ3v) is 2.64. The normalized spacial score (nSPS) is 10.8. The number of nitrogens with zero attached hydrogens (tertiary/aromatic N) is 2. The van der Waals surface area contributed by atoms with Gasteiger partial charge in [-0.1, -0.05) is 0 Å². The first-order valence-electron chi connectivity index (χ1n) is 6.10. The SMILES string of the molecule is CCN(C)C(=O)CNC(=O)N(CC(=O)O)C(C)(C)C. The summed E-state index contributed by atoms with van der Waals surface area (Å²) in [5.74, 6) is -1.32. The number of nitrogens with one attached hydrogen (secondary N) is 1. The third-order valence-electron chi connectivity index (χ3n) is 2.64. The van der Waals surface area contributed by atoms with Gasteiger partial charge in [-0.15, -0.1) is 0 Å². The van der Waals surface area contributed by atoms with Crippen LogP contribution < -0.4 is 5.32 Å². The van der Waals surface area contributed by atoms with E-state index in [2.05, 4.69) is 5.32 Å². The van der Waals surface area contributed by atoms with Crippen LogP contribution in [0.1, 0.15) is 27.7 Å². The lowest BCUT2D eigenvalue weighted by Crippen LogP contribution is -2.53. The van der Waals surface area contributed by atoms with Crippen LogP contribution in [0.25, 0.3) is 0 Å². The van der Waals surface area contributed by atoms with Crippen LogP contribution in [0.4, 0.5) is 4.79 Å². The number of carboxylic acid groups (broad SMARTS) is 1. The fraction of sp³-hybridized carbons (Fsp3) is 0.750. The Morgan fingerprint density at radius 3 is 2.11 bits per heavy atom. The van der Waals surface area contributed by atoms with E-state index < -0.39 is 24.1 Å². The number of likely N-dealkylation sites (N-methyl/N-ethyl adjacent to an activating group) is 1. The molecule has 0 unspecified atom stereocenters. The van der Waals surface area contributed by atoms with Gasteiger partial charge in [0.25, 0.3) is 0 Å². The van der Waals surface area contributed by atoms with Gasteiger partial charge in [0.1, 0.15) is 6.54 Å². The molecule has 19 heavy (non-hydrogen) atoms. The minimum atomic E-state index is -1.10. The van der Waals surface area contributed by atoms with Crippen molar-refractivity contribution in [2.75, 3.05) is 26.7 Å². The molecule has 0 aromatic carbocycles. The summed E-state index contributed by atoms with van der Waals surface area (Å²) < 4.78 is 0. The average molecular weight is 273 g/mol. The van der Waals surface area contributed by atoms with E-state index >= 15 is 0 Å². The van der Waals surface area contributed by atoms with Crippen molar-refractivity contribution in [1.29, 1.82) is 0 Å². The zero-order valence-electron chi connectivity index (χ0n) is 12.2. The second-order valence-corrected chi connectivity index (χ2v) is 5.22. The average Bonchev–Trinajstić information content (AvgIpc) is 2.29. The van der Waals surface area contributed by atoms with Crippen molar-refractivity contribution in [3.8, 4) is 0 Å². The topological polar surface area (TPSA) is 90.0 Å². The lowest BCUT2D eigenvalue weighted by Gasteiger charge is -2.34. The summed E-state index contributed by atoms with van der Waals surface area (Å²) in [5, 5.41) is 11.2. The molecule has 110 valence electrons. The first-order valence-corrected chi connectivity index (χ1v) is 6.10. The number of carboxylic acids is 1. The van der Waals surface area contributed by atoms with E-state index in [0.29, 0.717) is 6.54 Å². The molecule has 0 rings (SSSR count). The summed E-state index contributed by atoms with van der Waals surface area (Å²) in [4.78, 5) is 36.9. The fourth-order valence-electron chi connectivity index (χ4n) is 1.31. The van der Waals surface area contributed by atoms with Gasteiger partial charge >= 0.3 is 12.0 Å². The molecule has 2 N–H and O–H groups in total. The molecule has 0 aromatic heterocycles. The molecular formula is C12H23N3O4. The van der Waals surface area contributed by atoms with E-state index in [4.69, 9.17) is 5.11 Å². The highest BCUT2D eigenvalue weighted by Crippen LogP contribution is 2.12. The van der Waals surface area contributed by atoms with Crippen LogP contribution in [0.2, 0.25) is 0 Å². The maximum absolute atomic E-state index is 11.9. The highest BCUT2D eigenvalue weighted by atomic mass is 16.4. The Kier molecular flexibility index (Phi) is 6.31. The highest BCUT2D eigenvalue weighted by Gasteiger charge is 2.28. The summed E-state index contributed by atoms with van der Waals surface area (Å²) in [5.41, 5.74) is -0.637. The Morgan fingerprint density at radius 2 is 1.74 bits per heavy atom. The largest absolute Gasteiger partial charge is 0.480 e. The van der Waals surface area contributed by atoms with Gasteiger partial charge in [-0.2, -0.15) is 0 Å². The minimum absolute atomic E-state index is 0.143. The Hall–Kier alpha value is -1.79. The summed E-state index contributed by atoms with van der Waals surface area (Å²) in [6, 6.07) is -0.562. The van der Waals surface area contributed by atoms with Gasteiger partial charge in [-0.25, -0.2) is 4.79 Å². The molecule has 0 aliphatic heterocycles. The molecule has 0 fully saturated rings. The molecule has 0 aliphatic rings. The Labute approximate surface area is 113 Å². The zero-order chi connectivity index (χ0) is 15.2. The van der Waals surface area contributed by atoms with Gasteiger partial charge in [0.15, 0.2) is 0 Å². The van der Waals surface area contributed by atoms with Gasteiger partial charge < -0.3 is 20.2 Å². The number of aliphatic carboxylic acids is 1. The molecule has 0 atom stereocenters. The van der Waals surface area contributed by atoms with E-state index in [9.17, 15) is 14.4 Å². The van der Waals surface area contributed by atoms with Gasteiger partial charge in [0, 0.05) is 19.1 Å². The van der Waals surface area contributed by atoms with Crippen molar-refractivity contribution in [2.24, 2.45) is 0 Å². The van der Waals surface area contributed by atoms with Crippen molar-refractivity contribution in [3.05, 3.63) is 0 Å². The lowest BCUT2D eigenvalue weighted by molar-refractivity contribution is -0.138. The molecule has 3 amide bonds. The van der Waals surface area contributed by atoms with Gasteiger partial charge in [0.05, 0.1) is 6.54 Å². The van der Waals surface area contributed by atoms with E-state index in [1.807, 2.05) is 6.92 Å². The van der Waals surface area contributed by atoms with E-state index in [0.717, 1.165) is 0 Å². The lowest BCUT2D eigenvalue weighted by atomic mass is 10.1. The van der Waals surface area contributed by atoms with Crippen molar-refractivity contribution in [2.45, 2.75) is 33.2 Å². The highest BCUT2D eigenvalue weighted by molar-refractivity contribution is 5.85. The van der Waals surface area contributed by atoms with Crippen LogP contribution in [0.5, 0.6) is 0 Å². The molecule has 0 aliphatic carbocycles. The molecule has 0 saturated carbocycles. The van der Waals surface area contributed by atoms with Crippen LogP contribution in [-0.4, -0.2) is 65.0 Å². The van der Waals surface area contributed by atoms with Crippen molar-refractivity contribution < 1.29 is 19.5 Å². The Morgan fingerprint density at radius 1 is 1.21 bits per heavy atom. The Balaban J connectivity index is 4.58. The van der Waals surface area contributed by atoms with Crippen LogP contribution >= 0.6 is 0 Å². The minimum Gasteiger partial charge on any atom is -0.480 e. The molecule has 0 bridgehead atoms. The number of urea groups is 1. The molecule has 0 aromatic rings. The van der Waals surface area contributed by atoms with Gasteiger partial charge in [0.2, 0.25) is 5.91 Å². The van der Waals surface area contributed by atoms with E-state index in [1.165, 1.54) is 9.80 Å².